The number of carbonyl (C=O) groups is 1. The highest BCUT2D eigenvalue weighted by Crippen LogP contribution is 2.31. The Morgan fingerprint density at radius 1 is 1.47 bits per heavy atom. The van der Waals surface area contributed by atoms with Crippen LogP contribution in [-0.4, -0.2) is 17.1 Å². The van der Waals surface area contributed by atoms with Crippen LogP contribution < -0.4 is 11.1 Å². The Morgan fingerprint density at radius 3 is 2.82 bits per heavy atom. The highest BCUT2D eigenvalue weighted by atomic mass is 16.4. The van der Waals surface area contributed by atoms with Crippen LogP contribution in [0.1, 0.15) is 36.5 Å². The highest BCUT2D eigenvalue weighted by molar-refractivity contribution is 5.97. The van der Waals surface area contributed by atoms with Crippen molar-refractivity contribution in [3.05, 3.63) is 23.8 Å². The number of aromatic carboxylic acids is 1. The molecule has 2 atom stereocenters. The third kappa shape index (κ3) is 2.35. The highest BCUT2D eigenvalue weighted by Gasteiger charge is 2.24. The molecule has 0 radical (unpaired) electrons. The van der Waals surface area contributed by atoms with E-state index in [1.165, 1.54) is 18.9 Å². The number of para-hydroxylation sites is 1. The van der Waals surface area contributed by atoms with Crippen LogP contribution in [0.5, 0.6) is 0 Å². The van der Waals surface area contributed by atoms with Gasteiger partial charge < -0.3 is 16.2 Å². The molecular formula is C13H18N2O2. The lowest BCUT2D eigenvalue weighted by molar-refractivity contribution is 0.0698. The second-order valence-electron chi connectivity index (χ2n) is 4.73. The number of benzene rings is 1. The van der Waals surface area contributed by atoms with Crippen molar-refractivity contribution in [2.24, 2.45) is 5.92 Å². The van der Waals surface area contributed by atoms with Crippen molar-refractivity contribution in [2.45, 2.75) is 32.2 Å². The van der Waals surface area contributed by atoms with Crippen LogP contribution in [0.25, 0.3) is 0 Å². The van der Waals surface area contributed by atoms with Gasteiger partial charge in [0.1, 0.15) is 0 Å². The Kier molecular flexibility index (Phi) is 3.22. The quantitative estimate of drug-likeness (QED) is 0.702. The van der Waals surface area contributed by atoms with E-state index in [9.17, 15) is 4.79 Å². The largest absolute Gasteiger partial charge is 0.478 e. The van der Waals surface area contributed by atoms with Crippen LogP contribution in [0.2, 0.25) is 0 Å². The van der Waals surface area contributed by atoms with E-state index in [1.54, 1.807) is 6.07 Å². The number of hydrogen-bond acceptors (Lipinski definition) is 3. The Balaban J connectivity index is 2.21. The topological polar surface area (TPSA) is 75.3 Å². The summed E-state index contributed by atoms with van der Waals surface area (Å²) < 4.78 is 0. The van der Waals surface area contributed by atoms with E-state index in [-0.39, 0.29) is 5.56 Å². The van der Waals surface area contributed by atoms with Crippen LogP contribution >= 0.6 is 0 Å². The maximum absolute atomic E-state index is 11.0. The van der Waals surface area contributed by atoms with E-state index in [2.05, 4.69) is 12.2 Å². The minimum absolute atomic E-state index is 0.167. The molecule has 1 saturated carbocycles. The summed E-state index contributed by atoms with van der Waals surface area (Å²) in [6.45, 7) is 2.21. The van der Waals surface area contributed by atoms with Crippen molar-refractivity contribution in [3.8, 4) is 0 Å². The van der Waals surface area contributed by atoms with Crippen molar-refractivity contribution in [1.29, 1.82) is 0 Å². The first-order chi connectivity index (χ1) is 8.09. The van der Waals surface area contributed by atoms with Gasteiger partial charge in [-0.15, -0.1) is 0 Å². The molecule has 92 valence electrons. The molecule has 1 aromatic carbocycles. The number of nitrogens with one attached hydrogen (secondary N) is 1. The summed E-state index contributed by atoms with van der Waals surface area (Å²) in [6, 6.07) is 5.50. The molecule has 0 spiro atoms. The molecule has 1 aromatic rings. The van der Waals surface area contributed by atoms with Gasteiger partial charge in [-0.3, -0.25) is 0 Å². The molecule has 4 heteroatoms. The van der Waals surface area contributed by atoms with Crippen molar-refractivity contribution >= 4 is 17.3 Å². The van der Waals surface area contributed by atoms with Crippen molar-refractivity contribution in [2.75, 3.05) is 11.1 Å². The molecule has 0 amide bonds. The summed E-state index contributed by atoms with van der Waals surface area (Å²) >= 11 is 0. The zero-order valence-corrected chi connectivity index (χ0v) is 9.94. The van der Waals surface area contributed by atoms with Gasteiger partial charge >= 0.3 is 5.97 Å². The smallest absolute Gasteiger partial charge is 0.337 e. The Bertz CT molecular complexity index is 431. The summed E-state index contributed by atoms with van der Waals surface area (Å²) in [6.07, 6.45) is 3.56. The average Bonchev–Trinajstić information content (AvgIpc) is 2.67. The van der Waals surface area contributed by atoms with Crippen LogP contribution in [0, 0.1) is 5.92 Å². The van der Waals surface area contributed by atoms with E-state index in [0.29, 0.717) is 17.6 Å². The molecule has 1 aliphatic rings. The number of carboxylic acid groups (broad SMARTS) is 1. The third-order valence-electron chi connectivity index (χ3n) is 3.54. The van der Waals surface area contributed by atoms with Gasteiger partial charge in [0.2, 0.25) is 0 Å². The fraction of sp³-hybridized carbons (Fsp3) is 0.462. The Morgan fingerprint density at radius 2 is 2.24 bits per heavy atom. The fourth-order valence-corrected chi connectivity index (χ4v) is 2.44. The minimum Gasteiger partial charge on any atom is -0.478 e. The maximum atomic E-state index is 11.0. The Hall–Kier alpha value is -1.71. The van der Waals surface area contributed by atoms with Crippen molar-refractivity contribution < 1.29 is 9.90 Å². The van der Waals surface area contributed by atoms with E-state index in [4.69, 9.17) is 10.8 Å². The summed E-state index contributed by atoms with van der Waals surface area (Å²) in [4.78, 5) is 11.0. The Labute approximate surface area is 101 Å². The van der Waals surface area contributed by atoms with E-state index < -0.39 is 5.97 Å². The van der Waals surface area contributed by atoms with Gasteiger partial charge in [-0.05, 0) is 30.9 Å². The number of nitrogen functional groups attached to an aromatic ring is 1. The lowest BCUT2D eigenvalue weighted by Gasteiger charge is -2.20. The van der Waals surface area contributed by atoms with Gasteiger partial charge in [0.15, 0.2) is 0 Å². The van der Waals surface area contributed by atoms with Gasteiger partial charge in [-0.2, -0.15) is 0 Å². The molecule has 0 saturated heterocycles. The molecule has 2 rings (SSSR count). The number of rotatable bonds is 3. The van der Waals surface area contributed by atoms with Gasteiger partial charge in [0, 0.05) is 6.04 Å². The van der Waals surface area contributed by atoms with Crippen molar-refractivity contribution in [3.63, 3.8) is 0 Å². The summed E-state index contributed by atoms with van der Waals surface area (Å²) in [5.74, 6) is -0.367. The first kappa shape index (κ1) is 11.8. The minimum atomic E-state index is -0.981. The SMILES string of the molecule is CC1CCCC1Nc1cccc(C(=O)O)c1N. The van der Waals surface area contributed by atoms with Gasteiger partial charge in [-0.1, -0.05) is 19.4 Å². The molecule has 17 heavy (non-hydrogen) atoms. The molecule has 0 bridgehead atoms. The lowest BCUT2D eigenvalue weighted by Crippen LogP contribution is -2.22. The molecular weight excluding hydrogens is 216 g/mol. The molecule has 1 fully saturated rings. The van der Waals surface area contributed by atoms with E-state index in [0.717, 1.165) is 12.1 Å². The van der Waals surface area contributed by atoms with Crippen LogP contribution in [-0.2, 0) is 0 Å². The molecule has 4 N–H and O–H groups in total. The molecule has 0 aliphatic heterocycles. The summed E-state index contributed by atoms with van der Waals surface area (Å²) in [5, 5.41) is 12.4. The molecule has 1 aliphatic carbocycles. The van der Waals surface area contributed by atoms with Crippen LogP contribution in [0.3, 0.4) is 0 Å². The first-order valence-corrected chi connectivity index (χ1v) is 5.98. The second-order valence-corrected chi connectivity index (χ2v) is 4.73. The van der Waals surface area contributed by atoms with Crippen LogP contribution in [0.4, 0.5) is 11.4 Å². The molecule has 0 heterocycles. The predicted molar refractivity (Wildman–Crippen MR) is 68.2 cm³/mol. The molecule has 4 nitrogen and oxygen atoms in total. The predicted octanol–water partition coefficient (Wildman–Crippen LogP) is 2.57. The third-order valence-corrected chi connectivity index (χ3v) is 3.54. The number of anilines is 2. The van der Waals surface area contributed by atoms with Crippen LogP contribution in [0.15, 0.2) is 18.2 Å². The first-order valence-electron chi connectivity index (χ1n) is 5.98. The maximum Gasteiger partial charge on any atom is 0.337 e. The summed E-state index contributed by atoms with van der Waals surface area (Å²) in [5.41, 5.74) is 7.10. The normalized spacial score (nSPS) is 23.6. The zero-order chi connectivity index (χ0) is 12.4. The van der Waals surface area contributed by atoms with Gasteiger partial charge in [-0.25, -0.2) is 4.79 Å². The van der Waals surface area contributed by atoms with Crippen molar-refractivity contribution in [1.82, 2.24) is 0 Å². The number of nitrogens with two attached hydrogens (primary N) is 1. The van der Waals surface area contributed by atoms with Gasteiger partial charge in [0.05, 0.1) is 16.9 Å². The zero-order valence-electron chi connectivity index (χ0n) is 9.94. The lowest BCUT2D eigenvalue weighted by atomic mass is 10.1. The molecule has 0 aromatic heterocycles. The van der Waals surface area contributed by atoms with Gasteiger partial charge in [0.25, 0.3) is 0 Å². The molecule has 2 unspecified atom stereocenters. The van der Waals surface area contributed by atoms with E-state index >= 15 is 0 Å². The standard InChI is InChI=1S/C13H18N2O2/c1-8-4-2-6-10(8)15-11-7-3-5-9(12(11)14)13(16)17/h3,5,7-8,10,15H,2,4,6,14H2,1H3,(H,16,17). The second kappa shape index (κ2) is 4.65. The summed E-state index contributed by atoms with van der Waals surface area (Å²) in [7, 11) is 0. The number of hydrogen-bond donors (Lipinski definition) is 3. The fourth-order valence-electron chi connectivity index (χ4n) is 2.44. The monoisotopic (exact) mass is 234 g/mol. The average molecular weight is 234 g/mol. The number of carboxylic acids is 1. The van der Waals surface area contributed by atoms with E-state index in [1.807, 2.05) is 6.07 Å².